The lowest BCUT2D eigenvalue weighted by atomic mass is 9.85. The smallest absolute Gasteiger partial charge is 0.338 e. The van der Waals surface area contributed by atoms with Crippen molar-refractivity contribution < 1.29 is 14.3 Å². The molecule has 0 fully saturated rings. The maximum atomic E-state index is 12.4. The van der Waals surface area contributed by atoms with Crippen molar-refractivity contribution in [2.24, 2.45) is 0 Å². The quantitative estimate of drug-likeness (QED) is 0.658. The Balaban J connectivity index is 2.37. The van der Waals surface area contributed by atoms with Gasteiger partial charge in [-0.1, -0.05) is 57.7 Å². The number of esters is 1. The molecule has 1 aromatic carbocycles. The van der Waals surface area contributed by atoms with Crippen molar-refractivity contribution in [3.63, 3.8) is 0 Å². The third-order valence-electron chi connectivity index (χ3n) is 3.93. The zero-order chi connectivity index (χ0) is 17.9. The van der Waals surface area contributed by atoms with E-state index in [0.29, 0.717) is 11.3 Å². The van der Waals surface area contributed by atoms with Crippen LogP contribution in [-0.2, 0) is 14.9 Å². The molecule has 1 heterocycles. The fourth-order valence-corrected chi connectivity index (χ4v) is 2.60. The van der Waals surface area contributed by atoms with Gasteiger partial charge in [-0.15, -0.1) is 0 Å². The molecular formula is C19H24N2O3. The first-order valence-electron chi connectivity index (χ1n) is 7.90. The second-order valence-corrected chi connectivity index (χ2v) is 6.83. The molecule has 2 rings (SSSR count). The highest BCUT2D eigenvalue weighted by molar-refractivity contribution is 5.95. The average molecular weight is 328 g/mol. The molecule has 24 heavy (non-hydrogen) atoms. The fourth-order valence-electron chi connectivity index (χ4n) is 2.60. The summed E-state index contributed by atoms with van der Waals surface area (Å²) in [6.07, 6.45) is 1.51. The second kappa shape index (κ2) is 6.91. The molecule has 5 heteroatoms. The Kier molecular flexibility index (Phi) is 5.12. The summed E-state index contributed by atoms with van der Waals surface area (Å²) in [5, 5.41) is 5.42. The molecule has 128 valence electrons. The number of urea groups is 1. The van der Waals surface area contributed by atoms with Gasteiger partial charge < -0.3 is 15.4 Å². The summed E-state index contributed by atoms with van der Waals surface area (Å²) in [6.45, 7) is 11.8. The molecule has 1 aliphatic heterocycles. The molecule has 1 aromatic rings. The van der Waals surface area contributed by atoms with Gasteiger partial charge in [0.25, 0.3) is 0 Å². The van der Waals surface area contributed by atoms with Crippen LogP contribution in [0.1, 0.15) is 44.9 Å². The van der Waals surface area contributed by atoms with E-state index in [4.69, 9.17) is 4.74 Å². The molecule has 0 unspecified atom stereocenters. The molecule has 0 bridgehead atoms. The molecule has 2 amide bonds. The normalized spacial score (nSPS) is 17.8. The highest BCUT2D eigenvalue weighted by Gasteiger charge is 2.32. The van der Waals surface area contributed by atoms with Gasteiger partial charge in [-0.05, 0) is 23.5 Å². The van der Waals surface area contributed by atoms with E-state index in [0.717, 1.165) is 5.56 Å². The highest BCUT2D eigenvalue weighted by Crippen LogP contribution is 2.30. The number of carbonyl (C=O) groups is 2. The number of hydrogen-bond acceptors (Lipinski definition) is 3. The third-order valence-corrected chi connectivity index (χ3v) is 3.93. The number of benzene rings is 1. The number of carbonyl (C=O) groups excluding carboxylic acids is 2. The monoisotopic (exact) mass is 328 g/mol. The maximum Gasteiger partial charge on any atom is 0.338 e. The SMILES string of the molecule is C=CCOC(=O)C1=C(C)NC(=O)N[C@H]1c1ccc(C(C)(C)C)cc1. The number of rotatable bonds is 4. The first kappa shape index (κ1) is 17.8. The Labute approximate surface area is 142 Å². The van der Waals surface area contributed by atoms with Gasteiger partial charge in [-0.3, -0.25) is 0 Å². The van der Waals surface area contributed by atoms with Gasteiger partial charge in [0.15, 0.2) is 0 Å². The minimum atomic E-state index is -0.537. The molecule has 2 N–H and O–H groups in total. The number of ether oxygens (including phenoxy) is 1. The van der Waals surface area contributed by atoms with Crippen molar-refractivity contribution >= 4 is 12.0 Å². The van der Waals surface area contributed by atoms with Crippen LogP contribution in [0.3, 0.4) is 0 Å². The molecule has 5 nitrogen and oxygen atoms in total. The van der Waals surface area contributed by atoms with Gasteiger partial charge in [-0.25, -0.2) is 9.59 Å². The highest BCUT2D eigenvalue weighted by atomic mass is 16.5. The lowest BCUT2D eigenvalue weighted by molar-refractivity contribution is -0.138. The molecule has 1 aliphatic rings. The van der Waals surface area contributed by atoms with Crippen LogP contribution in [0, 0.1) is 0 Å². The summed E-state index contributed by atoms with van der Waals surface area (Å²) in [5.74, 6) is -0.468. The van der Waals surface area contributed by atoms with Crippen LogP contribution < -0.4 is 10.6 Å². The number of amides is 2. The van der Waals surface area contributed by atoms with Crippen LogP contribution in [0.25, 0.3) is 0 Å². The van der Waals surface area contributed by atoms with Crippen LogP contribution in [0.4, 0.5) is 4.79 Å². The molecule has 0 aliphatic carbocycles. The first-order chi connectivity index (χ1) is 11.2. The van der Waals surface area contributed by atoms with E-state index in [9.17, 15) is 9.59 Å². The van der Waals surface area contributed by atoms with E-state index in [2.05, 4.69) is 38.0 Å². The standard InChI is InChI=1S/C19H24N2O3/c1-6-11-24-17(22)15-12(2)20-18(23)21-16(15)13-7-9-14(10-8-13)19(3,4)5/h6-10,16H,1,11H2,2-5H3,(H2,20,21,23)/t16-/m0/s1. The minimum Gasteiger partial charge on any atom is -0.458 e. The van der Waals surface area contributed by atoms with Crippen molar-refractivity contribution in [2.45, 2.75) is 39.2 Å². The molecule has 0 radical (unpaired) electrons. The van der Waals surface area contributed by atoms with Crippen molar-refractivity contribution in [1.82, 2.24) is 10.6 Å². The van der Waals surface area contributed by atoms with E-state index in [1.807, 2.05) is 24.3 Å². The Bertz CT molecular complexity index is 682. The van der Waals surface area contributed by atoms with Crippen LogP contribution in [0.2, 0.25) is 0 Å². The molecule has 0 spiro atoms. The Morgan fingerprint density at radius 1 is 1.29 bits per heavy atom. The topological polar surface area (TPSA) is 67.4 Å². The van der Waals surface area contributed by atoms with Gasteiger partial charge in [0.1, 0.15) is 6.61 Å². The summed E-state index contributed by atoms with van der Waals surface area (Å²) in [7, 11) is 0. The summed E-state index contributed by atoms with van der Waals surface area (Å²) >= 11 is 0. The molecule has 0 saturated carbocycles. The van der Waals surface area contributed by atoms with Gasteiger partial charge in [0.2, 0.25) is 0 Å². The van der Waals surface area contributed by atoms with Gasteiger partial charge in [-0.2, -0.15) is 0 Å². The van der Waals surface area contributed by atoms with Crippen molar-refractivity contribution in [1.29, 1.82) is 0 Å². The Morgan fingerprint density at radius 2 is 1.92 bits per heavy atom. The van der Waals surface area contributed by atoms with Crippen LogP contribution in [0.5, 0.6) is 0 Å². The Hall–Kier alpha value is -2.56. The summed E-state index contributed by atoms with van der Waals surface area (Å²) < 4.78 is 5.16. The lowest BCUT2D eigenvalue weighted by Gasteiger charge is -2.28. The number of allylic oxidation sites excluding steroid dienone is 1. The maximum absolute atomic E-state index is 12.4. The average Bonchev–Trinajstić information content (AvgIpc) is 2.51. The van der Waals surface area contributed by atoms with Crippen LogP contribution in [0.15, 0.2) is 48.2 Å². The minimum absolute atomic E-state index is 0.0351. The van der Waals surface area contributed by atoms with E-state index >= 15 is 0 Å². The molecule has 1 atom stereocenters. The first-order valence-corrected chi connectivity index (χ1v) is 7.90. The predicted octanol–water partition coefficient (Wildman–Crippen LogP) is 3.34. The largest absolute Gasteiger partial charge is 0.458 e. The second-order valence-electron chi connectivity index (χ2n) is 6.83. The zero-order valence-corrected chi connectivity index (χ0v) is 14.6. The predicted molar refractivity (Wildman–Crippen MR) is 93.4 cm³/mol. The van der Waals surface area contributed by atoms with Crippen LogP contribution in [-0.4, -0.2) is 18.6 Å². The number of nitrogens with one attached hydrogen (secondary N) is 2. The van der Waals surface area contributed by atoms with Gasteiger partial charge >= 0.3 is 12.0 Å². The summed E-state index contributed by atoms with van der Waals surface area (Å²) in [4.78, 5) is 24.2. The molecular weight excluding hydrogens is 304 g/mol. The Morgan fingerprint density at radius 3 is 2.46 bits per heavy atom. The van der Waals surface area contributed by atoms with Crippen molar-refractivity contribution in [3.8, 4) is 0 Å². The number of hydrogen-bond donors (Lipinski definition) is 2. The third kappa shape index (κ3) is 3.85. The van der Waals surface area contributed by atoms with E-state index in [1.54, 1.807) is 6.92 Å². The lowest BCUT2D eigenvalue weighted by Crippen LogP contribution is -2.45. The molecule has 0 aromatic heterocycles. The van der Waals surface area contributed by atoms with E-state index < -0.39 is 12.0 Å². The van der Waals surface area contributed by atoms with Crippen molar-refractivity contribution in [2.75, 3.05) is 6.61 Å². The van der Waals surface area contributed by atoms with E-state index in [1.165, 1.54) is 11.6 Å². The fraction of sp³-hybridized carbons (Fsp3) is 0.368. The van der Waals surface area contributed by atoms with Crippen LogP contribution >= 0.6 is 0 Å². The van der Waals surface area contributed by atoms with Gasteiger partial charge in [0.05, 0.1) is 11.6 Å². The summed E-state index contributed by atoms with van der Waals surface area (Å²) in [6, 6.07) is 7.04. The van der Waals surface area contributed by atoms with E-state index in [-0.39, 0.29) is 18.1 Å². The van der Waals surface area contributed by atoms with Crippen molar-refractivity contribution in [3.05, 3.63) is 59.3 Å². The zero-order valence-electron chi connectivity index (χ0n) is 14.6. The van der Waals surface area contributed by atoms with Gasteiger partial charge in [0, 0.05) is 5.70 Å². The summed E-state index contributed by atoms with van der Waals surface area (Å²) in [5.41, 5.74) is 2.95. The molecule has 0 saturated heterocycles.